The molecule has 0 amide bonds. The fourth-order valence-corrected chi connectivity index (χ4v) is 4.48. The molecule has 2 atom stereocenters. The number of fused-ring (bicyclic) bond motifs is 3. The average molecular weight is 327 g/mol. The number of piperidine rings is 1. The molecule has 0 saturated carbocycles. The van der Waals surface area contributed by atoms with Crippen LogP contribution >= 0.6 is 0 Å². The van der Waals surface area contributed by atoms with E-state index in [-0.39, 0.29) is 17.3 Å². The number of phenolic OH excluding ortho intramolecular Hbond substituents is 2. The van der Waals surface area contributed by atoms with Crippen LogP contribution in [0.25, 0.3) is 0 Å². The Bertz CT molecular complexity index is 761. The maximum Gasteiger partial charge on any atom is 0.160 e. The monoisotopic (exact) mass is 327 g/mol. The van der Waals surface area contributed by atoms with Crippen molar-refractivity contribution in [3.05, 3.63) is 58.9 Å². The minimum atomic E-state index is -0.185. The number of phenols is 2. The summed E-state index contributed by atoms with van der Waals surface area (Å²) < 4.78 is 13.5. The zero-order valence-electron chi connectivity index (χ0n) is 13.6. The molecule has 2 N–H and O–H groups in total. The predicted molar refractivity (Wildman–Crippen MR) is 90.7 cm³/mol. The van der Waals surface area contributed by atoms with Crippen molar-refractivity contribution in [2.75, 3.05) is 6.54 Å². The summed E-state index contributed by atoms with van der Waals surface area (Å²) in [7, 11) is 0. The van der Waals surface area contributed by atoms with Gasteiger partial charge in [0.25, 0.3) is 0 Å². The van der Waals surface area contributed by atoms with Crippen LogP contribution in [0.5, 0.6) is 11.5 Å². The predicted octanol–water partition coefficient (Wildman–Crippen LogP) is 3.93. The molecule has 1 saturated heterocycles. The summed E-state index contributed by atoms with van der Waals surface area (Å²) in [4.78, 5) is 2.45. The maximum absolute atomic E-state index is 13.5. The minimum Gasteiger partial charge on any atom is -0.504 e. The van der Waals surface area contributed by atoms with Gasteiger partial charge < -0.3 is 10.2 Å². The summed E-state index contributed by atoms with van der Waals surface area (Å²) in [6.45, 7) is 1.79. The van der Waals surface area contributed by atoms with Gasteiger partial charge in [-0.15, -0.1) is 0 Å². The van der Waals surface area contributed by atoms with E-state index in [1.807, 2.05) is 12.1 Å². The molecule has 0 bridgehead atoms. The Morgan fingerprint density at radius 2 is 2.00 bits per heavy atom. The first-order chi connectivity index (χ1) is 11.6. The van der Waals surface area contributed by atoms with E-state index in [1.165, 1.54) is 11.6 Å². The molecule has 4 rings (SSSR count). The second kappa shape index (κ2) is 6.10. The second-order valence-corrected chi connectivity index (χ2v) is 6.96. The van der Waals surface area contributed by atoms with Gasteiger partial charge in [0.2, 0.25) is 0 Å². The fraction of sp³-hybridized carbons (Fsp3) is 0.400. The fourth-order valence-electron chi connectivity index (χ4n) is 4.48. The van der Waals surface area contributed by atoms with Gasteiger partial charge >= 0.3 is 0 Å². The highest BCUT2D eigenvalue weighted by Crippen LogP contribution is 2.45. The van der Waals surface area contributed by atoms with Gasteiger partial charge in [-0.2, -0.15) is 0 Å². The van der Waals surface area contributed by atoms with Gasteiger partial charge in [-0.1, -0.05) is 18.2 Å². The van der Waals surface area contributed by atoms with Crippen LogP contribution in [0.4, 0.5) is 4.39 Å². The lowest BCUT2D eigenvalue weighted by Gasteiger charge is -2.45. The zero-order valence-corrected chi connectivity index (χ0v) is 13.6. The van der Waals surface area contributed by atoms with E-state index >= 15 is 0 Å². The molecule has 2 aromatic rings. The van der Waals surface area contributed by atoms with Crippen molar-refractivity contribution in [1.82, 2.24) is 4.90 Å². The largest absolute Gasteiger partial charge is 0.504 e. The van der Waals surface area contributed by atoms with E-state index < -0.39 is 0 Å². The Morgan fingerprint density at radius 3 is 2.83 bits per heavy atom. The molecule has 1 aliphatic heterocycles. The molecular weight excluding hydrogens is 305 g/mol. The van der Waals surface area contributed by atoms with Crippen LogP contribution in [-0.4, -0.2) is 27.7 Å². The van der Waals surface area contributed by atoms with E-state index in [4.69, 9.17) is 0 Å². The van der Waals surface area contributed by atoms with Crippen LogP contribution < -0.4 is 0 Å². The van der Waals surface area contributed by atoms with Crippen LogP contribution in [0.15, 0.2) is 36.4 Å². The number of hydrogen-bond donors (Lipinski definition) is 2. The van der Waals surface area contributed by atoms with Crippen LogP contribution in [0.3, 0.4) is 0 Å². The molecule has 1 fully saturated rings. The summed E-state index contributed by atoms with van der Waals surface area (Å²) in [5, 5.41) is 19.9. The van der Waals surface area contributed by atoms with Crippen LogP contribution in [0.2, 0.25) is 0 Å². The third-order valence-electron chi connectivity index (χ3n) is 5.56. The zero-order chi connectivity index (χ0) is 16.7. The highest BCUT2D eigenvalue weighted by atomic mass is 19.1. The molecule has 3 nitrogen and oxygen atoms in total. The first kappa shape index (κ1) is 15.5. The normalized spacial score (nSPS) is 23.5. The average Bonchev–Trinajstić information content (AvgIpc) is 2.58. The van der Waals surface area contributed by atoms with Crippen molar-refractivity contribution in [2.45, 2.75) is 44.2 Å². The number of aromatic hydroxyl groups is 2. The Labute approximate surface area is 141 Å². The van der Waals surface area contributed by atoms with Gasteiger partial charge in [0.1, 0.15) is 5.82 Å². The topological polar surface area (TPSA) is 43.7 Å². The molecule has 126 valence electrons. The van der Waals surface area contributed by atoms with E-state index in [0.717, 1.165) is 49.9 Å². The quantitative estimate of drug-likeness (QED) is 0.821. The number of benzene rings is 2. The van der Waals surface area contributed by atoms with Crippen molar-refractivity contribution in [3.8, 4) is 11.5 Å². The molecule has 1 aliphatic carbocycles. The molecule has 1 heterocycles. The first-order valence-electron chi connectivity index (χ1n) is 8.65. The molecule has 2 aromatic carbocycles. The number of halogens is 1. The molecule has 2 aliphatic rings. The Kier molecular flexibility index (Phi) is 3.93. The summed E-state index contributed by atoms with van der Waals surface area (Å²) in [6, 6.07) is 10.8. The summed E-state index contributed by atoms with van der Waals surface area (Å²) in [6.07, 6.45) is 3.93. The summed E-state index contributed by atoms with van der Waals surface area (Å²) in [5.74, 6) is 0.214. The third-order valence-corrected chi connectivity index (χ3v) is 5.56. The van der Waals surface area contributed by atoms with Crippen molar-refractivity contribution in [3.63, 3.8) is 0 Å². The lowest BCUT2D eigenvalue weighted by molar-refractivity contribution is 0.104. The van der Waals surface area contributed by atoms with E-state index in [9.17, 15) is 14.6 Å². The van der Waals surface area contributed by atoms with Crippen molar-refractivity contribution in [2.24, 2.45) is 0 Å². The lowest BCUT2D eigenvalue weighted by Crippen LogP contribution is -2.45. The van der Waals surface area contributed by atoms with Gasteiger partial charge in [0, 0.05) is 18.2 Å². The van der Waals surface area contributed by atoms with Crippen LogP contribution in [-0.2, 0) is 13.0 Å². The molecule has 4 heteroatoms. The highest BCUT2D eigenvalue weighted by Gasteiger charge is 2.37. The van der Waals surface area contributed by atoms with Crippen molar-refractivity contribution >= 4 is 0 Å². The molecule has 0 radical (unpaired) electrons. The van der Waals surface area contributed by atoms with Gasteiger partial charge in [0.05, 0.1) is 0 Å². The Hall–Kier alpha value is -2.07. The number of nitrogens with zero attached hydrogens (tertiary/aromatic N) is 1. The minimum absolute atomic E-state index is 0.0281. The molecular formula is C20H22FNO2. The summed E-state index contributed by atoms with van der Waals surface area (Å²) >= 11 is 0. The van der Waals surface area contributed by atoms with Crippen LogP contribution in [0, 0.1) is 5.82 Å². The van der Waals surface area contributed by atoms with Gasteiger partial charge in [-0.25, -0.2) is 4.39 Å². The number of likely N-dealkylation sites (tertiary alicyclic amines) is 1. The van der Waals surface area contributed by atoms with Crippen molar-refractivity contribution in [1.29, 1.82) is 0 Å². The first-order valence-corrected chi connectivity index (χ1v) is 8.65. The van der Waals surface area contributed by atoms with Gasteiger partial charge in [0.15, 0.2) is 11.5 Å². The van der Waals surface area contributed by atoms with Crippen LogP contribution in [0.1, 0.15) is 41.9 Å². The Balaban J connectivity index is 1.61. The standard InChI is InChI=1S/C20H22FNO2/c21-14-4-1-3-13(11-14)12-22-10-2-5-16-15-7-9-19(23)20(24)17(15)6-8-18(16)22/h1,3-4,7,9,11,16,18,23-24H,2,5-6,8,10,12H2/t16?,18-/m1/s1. The molecule has 0 spiro atoms. The maximum atomic E-state index is 13.5. The molecule has 0 aromatic heterocycles. The third kappa shape index (κ3) is 2.65. The molecule has 24 heavy (non-hydrogen) atoms. The van der Waals surface area contributed by atoms with Gasteiger partial charge in [-0.05, 0) is 67.5 Å². The van der Waals surface area contributed by atoms with E-state index in [2.05, 4.69) is 4.90 Å². The van der Waals surface area contributed by atoms with Gasteiger partial charge in [-0.3, -0.25) is 4.90 Å². The van der Waals surface area contributed by atoms with Crippen molar-refractivity contribution < 1.29 is 14.6 Å². The second-order valence-electron chi connectivity index (χ2n) is 6.96. The van der Waals surface area contributed by atoms with E-state index in [1.54, 1.807) is 18.2 Å². The lowest BCUT2D eigenvalue weighted by atomic mass is 9.74. The number of hydrogen-bond acceptors (Lipinski definition) is 3. The molecule has 1 unspecified atom stereocenters. The Morgan fingerprint density at radius 1 is 1.12 bits per heavy atom. The SMILES string of the molecule is Oc1ccc2c(c1O)CC[C@@H]1C2CCCN1Cc1cccc(F)c1. The number of rotatable bonds is 2. The highest BCUT2D eigenvalue weighted by molar-refractivity contribution is 5.51. The summed E-state index contributed by atoms with van der Waals surface area (Å²) in [5.41, 5.74) is 3.09. The van der Waals surface area contributed by atoms with E-state index in [0.29, 0.717) is 12.0 Å². The smallest absolute Gasteiger partial charge is 0.160 e.